The molecule has 8 heteroatoms. The van der Waals surface area contributed by atoms with Crippen molar-refractivity contribution < 1.29 is 14.3 Å². The number of halogens is 2. The van der Waals surface area contributed by atoms with Crippen molar-refractivity contribution in [2.45, 2.75) is 0 Å². The summed E-state index contributed by atoms with van der Waals surface area (Å²) in [7, 11) is 6.47. The summed E-state index contributed by atoms with van der Waals surface area (Å²) in [5.41, 5.74) is 0.614. The number of rotatable bonds is 3. The Balaban J connectivity index is 0.000000383. The summed E-state index contributed by atoms with van der Waals surface area (Å²) in [5.74, 6) is 1.14. The lowest BCUT2D eigenvalue weighted by Gasteiger charge is -2.09. The van der Waals surface area contributed by atoms with Crippen LogP contribution in [0.15, 0.2) is 12.1 Å². The van der Waals surface area contributed by atoms with Gasteiger partial charge in [-0.2, -0.15) is 0 Å². The van der Waals surface area contributed by atoms with Gasteiger partial charge in [0.05, 0.1) is 19.7 Å². The van der Waals surface area contributed by atoms with E-state index in [1.165, 1.54) is 4.90 Å². The quantitative estimate of drug-likeness (QED) is 0.491. The van der Waals surface area contributed by atoms with Gasteiger partial charge in [-0.1, -0.05) is 11.6 Å². The fraction of sp³-hybridized carbons (Fsp3) is 0.308. The van der Waals surface area contributed by atoms with Crippen molar-refractivity contribution in [3.63, 3.8) is 0 Å². The van der Waals surface area contributed by atoms with E-state index in [9.17, 15) is 4.79 Å². The number of ether oxygens (including phenoxy) is 2. The van der Waals surface area contributed by atoms with E-state index in [0.717, 1.165) is 6.41 Å². The standard InChI is InChI=1S/C10H8Cl2N2O2.C3H7NO/c1-15-7-3-5-6(4-8(7)16-2)13-10(12)14-9(5)11;1-4(2)3-5/h3-4H,1-2H3;3H,1-2H3. The molecular weight excluding hydrogens is 317 g/mol. The zero-order valence-corrected chi connectivity index (χ0v) is 13.6. The second kappa shape index (κ2) is 7.85. The number of benzene rings is 1. The minimum atomic E-state index is 0.102. The Hall–Kier alpha value is -1.79. The molecule has 0 unspecified atom stereocenters. The van der Waals surface area contributed by atoms with Crippen LogP contribution in [0.1, 0.15) is 0 Å². The van der Waals surface area contributed by atoms with Gasteiger partial charge in [0.2, 0.25) is 11.7 Å². The highest BCUT2D eigenvalue weighted by Gasteiger charge is 2.11. The fourth-order valence-electron chi connectivity index (χ4n) is 1.39. The van der Waals surface area contributed by atoms with Gasteiger partial charge in [-0.15, -0.1) is 0 Å². The third-order valence-electron chi connectivity index (χ3n) is 2.34. The maximum absolute atomic E-state index is 9.43. The molecule has 0 radical (unpaired) electrons. The van der Waals surface area contributed by atoms with Gasteiger partial charge in [0.25, 0.3) is 0 Å². The predicted molar refractivity (Wildman–Crippen MR) is 82.4 cm³/mol. The molecule has 2 aromatic rings. The number of fused-ring (bicyclic) bond motifs is 1. The van der Waals surface area contributed by atoms with Crippen LogP contribution in [0, 0.1) is 0 Å². The number of nitrogens with zero attached hydrogens (tertiary/aromatic N) is 3. The third kappa shape index (κ3) is 4.61. The topological polar surface area (TPSA) is 64.6 Å². The molecule has 2 rings (SSSR count). The first-order valence-corrected chi connectivity index (χ1v) is 6.55. The molecule has 0 atom stereocenters. The monoisotopic (exact) mass is 331 g/mol. The number of aromatic nitrogens is 2. The van der Waals surface area contributed by atoms with Crippen LogP contribution >= 0.6 is 23.2 Å². The normalized spacial score (nSPS) is 9.62. The molecule has 114 valence electrons. The van der Waals surface area contributed by atoms with Gasteiger partial charge in [0.15, 0.2) is 11.5 Å². The summed E-state index contributed by atoms with van der Waals surface area (Å²) in [6.45, 7) is 0. The van der Waals surface area contributed by atoms with Crippen molar-refractivity contribution in [3.05, 3.63) is 22.6 Å². The van der Waals surface area contributed by atoms with Crippen molar-refractivity contribution in [3.8, 4) is 11.5 Å². The molecular formula is C13H15Cl2N3O3. The molecule has 21 heavy (non-hydrogen) atoms. The van der Waals surface area contributed by atoms with Crippen molar-refractivity contribution in [2.75, 3.05) is 28.3 Å². The second-order valence-electron chi connectivity index (χ2n) is 4.08. The minimum absolute atomic E-state index is 0.102. The van der Waals surface area contributed by atoms with E-state index < -0.39 is 0 Å². The lowest BCUT2D eigenvalue weighted by Crippen LogP contribution is -2.06. The van der Waals surface area contributed by atoms with Gasteiger partial charge < -0.3 is 14.4 Å². The molecule has 0 aliphatic heterocycles. The minimum Gasteiger partial charge on any atom is -0.493 e. The number of carbonyl (C=O) groups excluding carboxylic acids is 1. The first-order chi connectivity index (χ1) is 9.92. The highest BCUT2D eigenvalue weighted by atomic mass is 35.5. The van der Waals surface area contributed by atoms with E-state index in [4.69, 9.17) is 32.7 Å². The van der Waals surface area contributed by atoms with Crippen molar-refractivity contribution in [2.24, 2.45) is 0 Å². The molecule has 0 aliphatic rings. The fourth-order valence-corrected chi connectivity index (χ4v) is 1.84. The average molecular weight is 332 g/mol. The molecule has 0 saturated heterocycles. The first-order valence-electron chi connectivity index (χ1n) is 5.79. The average Bonchev–Trinajstić information content (AvgIpc) is 2.46. The molecule has 0 saturated carbocycles. The van der Waals surface area contributed by atoms with Crippen molar-refractivity contribution in [1.82, 2.24) is 14.9 Å². The first kappa shape index (κ1) is 17.3. The van der Waals surface area contributed by atoms with Crippen LogP contribution in [0.2, 0.25) is 10.4 Å². The Morgan fingerprint density at radius 2 is 1.62 bits per heavy atom. The largest absolute Gasteiger partial charge is 0.493 e. The van der Waals surface area contributed by atoms with E-state index in [1.807, 2.05) is 0 Å². The molecule has 0 N–H and O–H groups in total. The van der Waals surface area contributed by atoms with Crippen molar-refractivity contribution >= 4 is 40.5 Å². The predicted octanol–water partition coefficient (Wildman–Crippen LogP) is 2.66. The van der Waals surface area contributed by atoms with Crippen LogP contribution in [0.4, 0.5) is 0 Å². The van der Waals surface area contributed by atoms with E-state index in [1.54, 1.807) is 40.4 Å². The van der Waals surface area contributed by atoms with Gasteiger partial charge in [0, 0.05) is 25.5 Å². The van der Waals surface area contributed by atoms with E-state index >= 15 is 0 Å². The number of methoxy groups -OCH3 is 2. The van der Waals surface area contributed by atoms with Gasteiger partial charge >= 0.3 is 0 Å². The third-order valence-corrected chi connectivity index (χ3v) is 2.80. The summed E-state index contributed by atoms with van der Waals surface area (Å²) < 4.78 is 10.3. The number of carbonyl (C=O) groups is 1. The zero-order chi connectivity index (χ0) is 16.0. The van der Waals surface area contributed by atoms with Gasteiger partial charge in [-0.05, 0) is 17.7 Å². The van der Waals surface area contributed by atoms with Crippen LogP contribution in [0.25, 0.3) is 10.9 Å². The van der Waals surface area contributed by atoms with Gasteiger partial charge in [0.1, 0.15) is 5.15 Å². The molecule has 6 nitrogen and oxygen atoms in total. The van der Waals surface area contributed by atoms with Crippen LogP contribution in [0.3, 0.4) is 0 Å². The Morgan fingerprint density at radius 1 is 1.10 bits per heavy atom. The molecule has 0 bridgehead atoms. The molecule has 1 aromatic heterocycles. The molecule has 1 heterocycles. The van der Waals surface area contributed by atoms with Gasteiger partial charge in [-0.3, -0.25) is 4.79 Å². The maximum Gasteiger partial charge on any atom is 0.224 e. The number of amides is 1. The van der Waals surface area contributed by atoms with Gasteiger partial charge in [-0.25, -0.2) is 9.97 Å². The number of hydrogen-bond acceptors (Lipinski definition) is 5. The lowest BCUT2D eigenvalue weighted by molar-refractivity contribution is -0.115. The highest BCUT2D eigenvalue weighted by Crippen LogP contribution is 2.34. The van der Waals surface area contributed by atoms with Crippen molar-refractivity contribution in [1.29, 1.82) is 0 Å². The van der Waals surface area contributed by atoms with Crippen LogP contribution in [0.5, 0.6) is 11.5 Å². The SMILES string of the molecule is CN(C)C=O.COc1cc2nc(Cl)nc(Cl)c2cc1OC. The zero-order valence-electron chi connectivity index (χ0n) is 12.1. The highest BCUT2D eigenvalue weighted by molar-refractivity contribution is 6.35. The Kier molecular flexibility index (Phi) is 6.45. The van der Waals surface area contributed by atoms with Crippen LogP contribution < -0.4 is 9.47 Å². The molecule has 0 fully saturated rings. The maximum atomic E-state index is 9.43. The second-order valence-corrected chi connectivity index (χ2v) is 4.77. The molecule has 0 aliphatic carbocycles. The summed E-state index contributed by atoms with van der Waals surface area (Å²) in [5, 5.41) is 1.06. The van der Waals surface area contributed by atoms with E-state index in [2.05, 4.69) is 9.97 Å². The Bertz CT molecular complexity index is 636. The molecule has 1 aromatic carbocycles. The van der Waals surface area contributed by atoms with Crippen LogP contribution in [-0.2, 0) is 4.79 Å². The molecule has 0 spiro atoms. The molecule has 1 amide bonds. The lowest BCUT2D eigenvalue weighted by atomic mass is 10.2. The number of hydrogen-bond donors (Lipinski definition) is 0. The summed E-state index contributed by atoms with van der Waals surface area (Å²) >= 11 is 11.7. The Morgan fingerprint density at radius 3 is 2.10 bits per heavy atom. The smallest absolute Gasteiger partial charge is 0.224 e. The van der Waals surface area contributed by atoms with E-state index in [-0.39, 0.29) is 10.4 Å². The van der Waals surface area contributed by atoms with Crippen LogP contribution in [-0.4, -0.2) is 49.6 Å². The Labute approximate surface area is 132 Å². The summed E-state index contributed by atoms with van der Waals surface area (Å²) in [4.78, 5) is 18.8. The summed E-state index contributed by atoms with van der Waals surface area (Å²) in [6, 6.07) is 3.42. The summed E-state index contributed by atoms with van der Waals surface area (Å²) in [6.07, 6.45) is 0.750. The van der Waals surface area contributed by atoms with E-state index in [0.29, 0.717) is 22.4 Å².